The molecule has 19 heavy (non-hydrogen) atoms. The van der Waals surface area contributed by atoms with Gasteiger partial charge in [-0.05, 0) is 52.9 Å². The van der Waals surface area contributed by atoms with Crippen molar-refractivity contribution in [3.8, 4) is 0 Å². The van der Waals surface area contributed by atoms with Gasteiger partial charge in [-0.15, -0.1) is 11.3 Å². The topological polar surface area (TPSA) is 89.3 Å². The van der Waals surface area contributed by atoms with Gasteiger partial charge in [0.05, 0.1) is 13.3 Å². The average molecular weight is 408 g/mol. The molecule has 0 atom stereocenters. The lowest BCUT2D eigenvalue weighted by molar-refractivity contribution is 0.102. The number of hydrogen-bond donors (Lipinski definition) is 2. The van der Waals surface area contributed by atoms with Gasteiger partial charge in [-0.25, -0.2) is 13.6 Å². The molecule has 5 nitrogen and oxygen atoms in total. The highest BCUT2D eigenvalue weighted by atomic mass is 127. The molecule has 1 amide bonds. The van der Waals surface area contributed by atoms with Gasteiger partial charge in [-0.1, -0.05) is 0 Å². The van der Waals surface area contributed by atoms with Crippen molar-refractivity contribution < 1.29 is 13.2 Å². The van der Waals surface area contributed by atoms with Crippen molar-refractivity contribution in [1.29, 1.82) is 0 Å². The predicted octanol–water partition coefficient (Wildman–Crippen LogP) is 2.25. The van der Waals surface area contributed by atoms with Crippen molar-refractivity contribution in [3.05, 3.63) is 44.2 Å². The number of halogens is 1. The summed E-state index contributed by atoms with van der Waals surface area (Å²) in [4.78, 5) is 11.9. The maximum absolute atomic E-state index is 11.9. The van der Waals surface area contributed by atoms with Crippen LogP contribution in [0.1, 0.15) is 10.4 Å². The Morgan fingerprint density at radius 1 is 1.26 bits per heavy atom. The Labute approximate surface area is 128 Å². The first kappa shape index (κ1) is 14.4. The van der Waals surface area contributed by atoms with E-state index in [9.17, 15) is 13.2 Å². The number of carbonyl (C=O) groups is 1. The molecule has 0 saturated carbocycles. The monoisotopic (exact) mass is 408 g/mol. The molecule has 0 saturated heterocycles. The molecule has 3 N–H and O–H groups in total. The number of primary sulfonamides is 1. The van der Waals surface area contributed by atoms with Crippen molar-refractivity contribution in [2.75, 3.05) is 5.32 Å². The molecule has 0 radical (unpaired) electrons. The standard InChI is InChI=1S/C11H9IN2O3S2/c12-10-5-7(6-18-10)11(15)14-8-1-3-9(4-2-8)19(13,16)17/h1-6H,(H,14,15)(H2,13,16,17). The van der Waals surface area contributed by atoms with Gasteiger partial charge < -0.3 is 5.32 Å². The fourth-order valence-corrected chi connectivity index (χ4v) is 3.20. The van der Waals surface area contributed by atoms with E-state index in [1.807, 2.05) is 0 Å². The van der Waals surface area contributed by atoms with Crippen LogP contribution in [0.15, 0.2) is 40.6 Å². The summed E-state index contributed by atoms with van der Waals surface area (Å²) in [7, 11) is -3.71. The number of benzene rings is 1. The van der Waals surface area contributed by atoms with Crippen molar-refractivity contribution in [3.63, 3.8) is 0 Å². The van der Waals surface area contributed by atoms with E-state index in [0.29, 0.717) is 11.3 Å². The van der Waals surface area contributed by atoms with Crippen molar-refractivity contribution in [2.45, 2.75) is 4.90 Å². The Morgan fingerprint density at radius 3 is 2.37 bits per heavy atom. The molecule has 2 aromatic rings. The number of anilines is 1. The third-order valence-electron chi connectivity index (χ3n) is 2.27. The Kier molecular flexibility index (Phi) is 4.23. The van der Waals surface area contributed by atoms with Crippen molar-refractivity contribution in [2.24, 2.45) is 5.14 Å². The van der Waals surface area contributed by atoms with Crippen LogP contribution in [0, 0.1) is 2.88 Å². The first-order valence-electron chi connectivity index (χ1n) is 5.04. The summed E-state index contributed by atoms with van der Waals surface area (Å²) in [6.07, 6.45) is 0. The van der Waals surface area contributed by atoms with Gasteiger partial charge in [-0.3, -0.25) is 4.79 Å². The van der Waals surface area contributed by atoms with Crippen LogP contribution in [-0.4, -0.2) is 14.3 Å². The fourth-order valence-electron chi connectivity index (χ4n) is 1.36. The van der Waals surface area contributed by atoms with Gasteiger partial charge in [0.15, 0.2) is 0 Å². The summed E-state index contributed by atoms with van der Waals surface area (Å²) in [6.45, 7) is 0. The molecule has 100 valence electrons. The van der Waals surface area contributed by atoms with Crippen LogP contribution in [0.25, 0.3) is 0 Å². The number of nitrogens with two attached hydrogens (primary N) is 1. The zero-order valence-electron chi connectivity index (χ0n) is 9.46. The molecule has 2 rings (SSSR count). The van der Waals surface area contributed by atoms with Crippen LogP contribution in [0.5, 0.6) is 0 Å². The highest BCUT2D eigenvalue weighted by molar-refractivity contribution is 14.1. The number of thiophene rings is 1. The molecule has 0 aliphatic heterocycles. The van der Waals surface area contributed by atoms with E-state index in [4.69, 9.17) is 5.14 Å². The quantitative estimate of drug-likeness (QED) is 0.764. The summed E-state index contributed by atoms with van der Waals surface area (Å²) in [5, 5.41) is 9.43. The minimum absolute atomic E-state index is 0.00980. The number of hydrogen-bond acceptors (Lipinski definition) is 4. The number of sulfonamides is 1. The molecule has 0 aliphatic carbocycles. The molecular formula is C11H9IN2O3S2. The summed E-state index contributed by atoms with van der Waals surface area (Å²) in [5.41, 5.74) is 1.09. The normalized spacial score (nSPS) is 11.3. The van der Waals surface area contributed by atoms with Gasteiger partial charge in [-0.2, -0.15) is 0 Å². The largest absolute Gasteiger partial charge is 0.322 e. The zero-order valence-corrected chi connectivity index (χ0v) is 13.3. The smallest absolute Gasteiger partial charge is 0.256 e. The van der Waals surface area contributed by atoms with Crippen LogP contribution in [-0.2, 0) is 10.0 Å². The van der Waals surface area contributed by atoms with E-state index >= 15 is 0 Å². The third kappa shape index (κ3) is 3.75. The lowest BCUT2D eigenvalue weighted by atomic mass is 10.3. The van der Waals surface area contributed by atoms with Gasteiger partial charge in [0.2, 0.25) is 10.0 Å². The van der Waals surface area contributed by atoms with E-state index in [2.05, 4.69) is 27.9 Å². The highest BCUT2D eigenvalue weighted by Gasteiger charge is 2.10. The lowest BCUT2D eigenvalue weighted by Crippen LogP contribution is -2.13. The van der Waals surface area contributed by atoms with Crippen LogP contribution in [0.3, 0.4) is 0 Å². The van der Waals surface area contributed by atoms with Gasteiger partial charge in [0.1, 0.15) is 0 Å². The number of carbonyl (C=O) groups excluding carboxylic acids is 1. The van der Waals surface area contributed by atoms with E-state index < -0.39 is 10.0 Å². The van der Waals surface area contributed by atoms with Crippen LogP contribution >= 0.6 is 33.9 Å². The fraction of sp³-hybridized carbons (Fsp3) is 0. The van der Waals surface area contributed by atoms with Crippen molar-refractivity contribution in [1.82, 2.24) is 0 Å². The van der Waals surface area contributed by atoms with Crippen LogP contribution in [0.4, 0.5) is 5.69 Å². The van der Waals surface area contributed by atoms with E-state index in [1.54, 1.807) is 11.4 Å². The van der Waals surface area contributed by atoms with Crippen LogP contribution < -0.4 is 10.5 Å². The van der Waals surface area contributed by atoms with Gasteiger partial charge in [0.25, 0.3) is 5.91 Å². The molecule has 0 aliphatic rings. The summed E-state index contributed by atoms with van der Waals surface area (Å²) >= 11 is 3.62. The van der Waals surface area contributed by atoms with E-state index in [0.717, 1.165) is 2.88 Å². The second-order valence-electron chi connectivity index (χ2n) is 3.66. The molecule has 1 aromatic carbocycles. The second-order valence-corrected chi connectivity index (χ2v) is 8.03. The Morgan fingerprint density at radius 2 is 1.89 bits per heavy atom. The molecule has 0 fully saturated rings. The number of rotatable bonds is 3. The molecule has 1 aromatic heterocycles. The summed E-state index contributed by atoms with van der Waals surface area (Å²) in [6, 6.07) is 7.47. The third-order valence-corrected chi connectivity index (χ3v) is 4.99. The Bertz CT molecular complexity index is 708. The van der Waals surface area contributed by atoms with Crippen LogP contribution in [0.2, 0.25) is 0 Å². The minimum Gasteiger partial charge on any atom is -0.322 e. The zero-order chi connectivity index (χ0) is 14.0. The van der Waals surface area contributed by atoms with E-state index in [1.165, 1.54) is 35.6 Å². The predicted molar refractivity (Wildman–Crippen MR) is 82.8 cm³/mol. The molecule has 0 unspecified atom stereocenters. The first-order valence-corrected chi connectivity index (χ1v) is 8.55. The second kappa shape index (κ2) is 5.57. The molecule has 0 spiro atoms. The number of amides is 1. The molecule has 8 heteroatoms. The average Bonchev–Trinajstić information content (AvgIpc) is 2.75. The maximum atomic E-state index is 11.9. The molecule has 0 bridgehead atoms. The van der Waals surface area contributed by atoms with Gasteiger partial charge in [0, 0.05) is 11.1 Å². The Balaban J connectivity index is 2.14. The minimum atomic E-state index is -3.71. The number of nitrogens with one attached hydrogen (secondary N) is 1. The highest BCUT2D eigenvalue weighted by Crippen LogP contribution is 2.18. The Hall–Kier alpha value is -0.970. The first-order chi connectivity index (χ1) is 8.86. The molecular weight excluding hydrogens is 399 g/mol. The summed E-state index contributed by atoms with van der Waals surface area (Å²) < 4.78 is 23.2. The SMILES string of the molecule is NS(=O)(=O)c1ccc(NC(=O)c2csc(I)c2)cc1. The maximum Gasteiger partial charge on any atom is 0.256 e. The van der Waals surface area contributed by atoms with Gasteiger partial charge >= 0.3 is 0 Å². The van der Waals surface area contributed by atoms with E-state index in [-0.39, 0.29) is 10.8 Å². The summed E-state index contributed by atoms with van der Waals surface area (Å²) in [5.74, 6) is -0.234. The lowest BCUT2D eigenvalue weighted by Gasteiger charge is -2.04. The van der Waals surface area contributed by atoms with Crippen molar-refractivity contribution >= 4 is 55.5 Å². The molecule has 1 heterocycles.